The van der Waals surface area contributed by atoms with Gasteiger partial charge in [0.2, 0.25) is 0 Å². The molecular formula is C14H19N3S. The molecule has 0 bridgehead atoms. The number of thiophene rings is 1. The Morgan fingerprint density at radius 3 is 3.06 bits per heavy atom. The third-order valence-corrected chi connectivity index (χ3v) is 4.46. The summed E-state index contributed by atoms with van der Waals surface area (Å²) in [6.07, 6.45) is 9.45. The summed E-state index contributed by atoms with van der Waals surface area (Å²) in [4.78, 5) is 5.71. The van der Waals surface area contributed by atoms with E-state index in [1.54, 1.807) is 11.3 Å². The fourth-order valence-corrected chi connectivity index (χ4v) is 3.38. The van der Waals surface area contributed by atoms with Gasteiger partial charge in [-0.05, 0) is 24.3 Å². The van der Waals surface area contributed by atoms with Gasteiger partial charge in [-0.15, -0.1) is 11.3 Å². The summed E-state index contributed by atoms with van der Waals surface area (Å²) in [5.74, 6) is 1.10. The van der Waals surface area contributed by atoms with Crippen molar-refractivity contribution in [3.63, 3.8) is 0 Å². The average molecular weight is 261 g/mol. The van der Waals surface area contributed by atoms with E-state index in [1.807, 2.05) is 6.20 Å². The van der Waals surface area contributed by atoms with Crippen LogP contribution in [0.1, 0.15) is 25.7 Å². The molecule has 4 heteroatoms. The molecule has 2 heterocycles. The summed E-state index contributed by atoms with van der Waals surface area (Å²) in [6, 6.07) is 4.96. The summed E-state index contributed by atoms with van der Waals surface area (Å²) in [6.45, 7) is 2.04. The Morgan fingerprint density at radius 2 is 2.28 bits per heavy atom. The number of nitrogens with one attached hydrogen (secondary N) is 1. The summed E-state index contributed by atoms with van der Waals surface area (Å²) in [5, 5.41) is 5.75. The normalized spacial score (nSPS) is 16.4. The first kappa shape index (κ1) is 11.9. The molecule has 0 amide bonds. The van der Waals surface area contributed by atoms with Crippen molar-refractivity contribution < 1.29 is 0 Å². The zero-order chi connectivity index (χ0) is 12.2. The Bertz CT molecular complexity index is 469. The summed E-state index contributed by atoms with van der Waals surface area (Å²) in [7, 11) is 0. The Balaban J connectivity index is 1.58. The number of aromatic nitrogens is 2. The zero-order valence-electron chi connectivity index (χ0n) is 10.5. The third kappa shape index (κ3) is 2.65. The molecule has 3 nitrogen and oxygen atoms in total. The second kappa shape index (κ2) is 5.67. The van der Waals surface area contributed by atoms with Crippen molar-refractivity contribution in [1.82, 2.24) is 14.9 Å². The van der Waals surface area contributed by atoms with Gasteiger partial charge in [-0.25, -0.2) is 4.98 Å². The molecule has 1 aliphatic carbocycles. The van der Waals surface area contributed by atoms with Gasteiger partial charge in [0.25, 0.3) is 0 Å². The van der Waals surface area contributed by atoms with Crippen molar-refractivity contribution >= 4 is 11.3 Å². The number of hydrogen-bond donors (Lipinski definition) is 1. The van der Waals surface area contributed by atoms with Crippen LogP contribution in [0.2, 0.25) is 0 Å². The summed E-state index contributed by atoms with van der Waals surface area (Å²) in [5.41, 5.74) is 0. The molecule has 0 atom stereocenters. The van der Waals surface area contributed by atoms with Crippen LogP contribution in [0.4, 0.5) is 0 Å². The molecule has 1 fully saturated rings. The minimum Gasteiger partial charge on any atom is -0.329 e. The Kier molecular flexibility index (Phi) is 3.76. The molecule has 2 aromatic rings. The molecule has 0 saturated heterocycles. The lowest BCUT2D eigenvalue weighted by molar-refractivity contribution is 0.498. The molecule has 0 aromatic carbocycles. The quantitative estimate of drug-likeness (QED) is 0.896. The second-order valence-corrected chi connectivity index (χ2v) is 5.80. The fraction of sp³-hybridized carbons (Fsp3) is 0.500. The monoisotopic (exact) mass is 261 g/mol. The highest BCUT2D eigenvalue weighted by atomic mass is 32.1. The second-order valence-electron chi connectivity index (χ2n) is 4.86. The van der Waals surface area contributed by atoms with Crippen molar-refractivity contribution in [1.29, 1.82) is 0 Å². The van der Waals surface area contributed by atoms with Gasteiger partial charge in [0.05, 0.1) is 4.88 Å². The fourth-order valence-electron chi connectivity index (χ4n) is 2.64. The molecule has 2 aromatic heterocycles. The lowest BCUT2D eigenvalue weighted by Crippen LogP contribution is -2.29. The SMILES string of the molecule is c1csc(-c2nccn2CCNC2CCCC2)c1. The molecular weight excluding hydrogens is 242 g/mol. The largest absolute Gasteiger partial charge is 0.329 e. The maximum Gasteiger partial charge on any atom is 0.150 e. The van der Waals surface area contributed by atoms with Crippen molar-refractivity contribution in [2.24, 2.45) is 0 Å². The molecule has 0 spiro atoms. The highest BCUT2D eigenvalue weighted by Crippen LogP contribution is 2.22. The minimum atomic E-state index is 0.749. The molecule has 1 N–H and O–H groups in total. The van der Waals surface area contributed by atoms with E-state index < -0.39 is 0 Å². The van der Waals surface area contributed by atoms with Crippen LogP contribution in [0.3, 0.4) is 0 Å². The van der Waals surface area contributed by atoms with E-state index in [4.69, 9.17) is 0 Å². The van der Waals surface area contributed by atoms with Crippen molar-refractivity contribution in [2.45, 2.75) is 38.3 Å². The maximum atomic E-state index is 4.45. The van der Waals surface area contributed by atoms with Crippen molar-refractivity contribution in [2.75, 3.05) is 6.54 Å². The average Bonchev–Trinajstić information content (AvgIpc) is 3.12. The van der Waals surface area contributed by atoms with Crippen molar-refractivity contribution in [3.8, 4) is 10.7 Å². The smallest absolute Gasteiger partial charge is 0.150 e. The van der Waals surface area contributed by atoms with Crippen molar-refractivity contribution in [3.05, 3.63) is 29.9 Å². The van der Waals surface area contributed by atoms with E-state index in [9.17, 15) is 0 Å². The number of rotatable bonds is 5. The predicted octanol–water partition coefficient (Wildman–Crippen LogP) is 3.14. The first-order valence-electron chi connectivity index (χ1n) is 6.72. The molecule has 96 valence electrons. The molecule has 0 radical (unpaired) electrons. The van der Waals surface area contributed by atoms with E-state index in [2.05, 4.69) is 38.6 Å². The van der Waals surface area contributed by atoms with Gasteiger partial charge < -0.3 is 9.88 Å². The van der Waals surface area contributed by atoms with Gasteiger partial charge in [0.15, 0.2) is 0 Å². The van der Waals surface area contributed by atoms with Crippen LogP contribution in [-0.2, 0) is 6.54 Å². The van der Waals surface area contributed by atoms with Gasteiger partial charge in [0.1, 0.15) is 5.82 Å². The number of imidazole rings is 1. The lowest BCUT2D eigenvalue weighted by Gasteiger charge is -2.12. The molecule has 18 heavy (non-hydrogen) atoms. The standard InChI is InChI=1S/C14H19N3S/c1-2-5-12(4-1)15-7-9-17-10-8-16-14(17)13-6-3-11-18-13/h3,6,8,10-12,15H,1-2,4-5,7,9H2. The van der Waals surface area contributed by atoms with Gasteiger partial charge in [0, 0.05) is 31.5 Å². The summed E-state index contributed by atoms with van der Waals surface area (Å²) < 4.78 is 2.24. The van der Waals surface area contributed by atoms with E-state index >= 15 is 0 Å². The molecule has 3 rings (SSSR count). The first-order chi connectivity index (χ1) is 8.93. The van der Waals surface area contributed by atoms with Crippen LogP contribution in [0.5, 0.6) is 0 Å². The van der Waals surface area contributed by atoms with E-state index in [0.29, 0.717) is 0 Å². The third-order valence-electron chi connectivity index (χ3n) is 3.60. The zero-order valence-corrected chi connectivity index (χ0v) is 11.3. The van der Waals surface area contributed by atoms with Crippen LogP contribution in [0, 0.1) is 0 Å². The predicted molar refractivity (Wildman–Crippen MR) is 75.8 cm³/mol. The molecule has 0 unspecified atom stereocenters. The van der Waals surface area contributed by atoms with E-state index in [1.165, 1.54) is 30.6 Å². The maximum absolute atomic E-state index is 4.45. The van der Waals surface area contributed by atoms with Gasteiger partial charge in [-0.1, -0.05) is 18.9 Å². The molecule has 0 aliphatic heterocycles. The topological polar surface area (TPSA) is 29.9 Å². The van der Waals surface area contributed by atoms with Crippen LogP contribution in [0.25, 0.3) is 10.7 Å². The van der Waals surface area contributed by atoms with Gasteiger partial charge in [-0.3, -0.25) is 0 Å². The molecule has 1 aliphatic rings. The Hall–Kier alpha value is -1.13. The van der Waals surface area contributed by atoms with E-state index in [0.717, 1.165) is 25.0 Å². The van der Waals surface area contributed by atoms with Crippen LogP contribution in [0.15, 0.2) is 29.9 Å². The van der Waals surface area contributed by atoms with Gasteiger partial charge >= 0.3 is 0 Å². The minimum absolute atomic E-state index is 0.749. The highest BCUT2D eigenvalue weighted by molar-refractivity contribution is 7.13. The summed E-state index contributed by atoms with van der Waals surface area (Å²) >= 11 is 1.75. The van der Waals surface area contributed by atoms with Crippen LogP contribution >= 0.6 is 11.3 Å². The highest BCUT2D eigenvalue weighted by Gasteiger charge is 2.14. The van der Waals surface area contributed by atoms with Crippen LogP contribution < -0.4 is 5.32 Å². The first-order valence-corrected chi connectivity index (χ1v) is 7.60. The molecule has 1 saturated carbocycles. The van der Waals surface area contributed by atoms with E-state index in [-0.39, 0.29) is 0 Å². The lowest BCUT2D eigenvalue weighted by atomic mass is 10.2. The number of nitrogens with zero attached hydrogens (tertiary/aromatic N) is 2. The Morgan fingerprint density at radius 1 is 1.39 bits per heavy atom. The van der Waals surface area contributed by atoms with Crippen LogP contribution in [-0.4, -0.2) is 22.1 Å². The Labute approximate surface area is 112 Å². The number of hydrogen-bond acceptors (Lipinski definition) is 3. The van der Waals surface area contributed by atoms with Gasteiger partial charge in [-0.2, -0.15) is 0 Å².